The summed E-state index contributed by atoms with van der Waals surface area (Å²) in [5.74, 6) is 1.51. The number of benzene rings is 2. The first-order valence-electron chi connectivity index (χ1n) is 9.08. The summed E-state index contributed by atoms with van der Waals surface area (Å²) in [4.78, 5) is 17.7. The molecule has 0 aliphatic carbocycles. The Kier molecular flexibility index (Phi) is 4.54. The molecule has 8 nitrogen and oxygen atoms in total. The molecule has 0 unspecified atom stereocenters. The van der Waals surface area contributed by atoms with Crippen LogP contribution in [0, 0.1) is 0 Å². The molecule has 5 aromatic rings. The van der Waals surface area contributed by atoms with Crippen molar-refractivity contribution < 1.29 is 12.8 Å². The summed E-state index contributed by atoms with van der Waals surface area (Å²) in [6.07, 6.45) is 1.63. The molecule has 154 valence electrons. The zero-order chi connectivity index (χ0) is 21.6. The van der Waals surface area contributed by atoms with Gasteiger partial charge in [-0.1, -0.05) is 41.7 Å². The average Bonchev–Trinajstić information content (AvgIpc) is 3.46. The number of hydrogen-bond donors (Lipinski definition) is 1. The minimum absolute atomic E-state index is 0.0230. The summed E-state index contributed by atoms with van der Waals surface area (Å²) in [5, 5.41) is 9.44. The van der Waals surface area contributed by atoms with Gasteiger partial charge in [0.15, 0.2) is 5.82 Å². The first-order chi connectivity index (χ1) is 14.9. The van der Waals surface area contributed by atoms with E-state index in [1.165, 1.54) is 28.0 Å². The van der Waals surface area contributed by atoms with Crippen LogP contribution in [0.4, 0.5) is 0 Å². The lowest BCUT2D eigenvalue weighted by Crippen LogP contribution is -2.23. The van der Waals surface area contributed by atoms with E-state index >= 15 is 0 Å². The van der Waals surface area contributed by atoms with Crippen molar-refractivity contribution in [2.75, 3.05) is 0 Å². The minimum Gasteiger partial charge on any atom is -0.457 e. The maximum Gasteiger partial charge on any atom is 0.291 e. The second-order valence-corrected chi connectivity index (χ2v) is 9.25. The van der Waals surface area contributed by atoms with Crippen LogP contribution in [0.15, 0.2) is 80.8 Å². The molecule has 3 aromatic heterocycles. The van der Waals surface area contributed by atoms with Gasteiger partial charge >= 0.3 is 0 Å². The number of thiazole rings is 1. The molecule has 0 radical (unpaired) electrons. The van der Waals surface area contributed by atoms with E-state index in [1.807, 2.05) is 30.3 Å². The highest BCUT2D eigenvalue weighted by atomic mass is 32.2. The molecule has 0 saturated heterocycles. The lowest BCUT2D eigenvalue weighted by Gasteiger charge is -2.00. The number of hydrogen-bond acceptors (Lipinski definition) is 7. The number of aromatic nitrogens is 3. The van der Waals surface area contributed by atoms with Crippen molar-refractivity contribution in [3.8, 4) is 22.7 Å². The molecule has 0 amide bonds. The Morgan fingerprint density at radius 2 is 1.71 bits per heavy atom. The largest absolute Gasteiger partial charge is 0.457 e. The highest BCUT2D eigenvalue weighted by Gasteiger charge is 2.13. The van der Waals surface area contributed by atoms with Gasteiger partial charge in [0.25, 0.3) is 5.56 Å². The Balaban J connectivity index is 1.47. The van der Waals surface area contributed by atoms with Gasteiger partial charge in [0, 0.05) is 17.2 Å². The Labute approximate surface area is 180 Å². The molecule has 0 spiro atoms. The second-order valence-electron chi connectivity index (χ2n) is 6.68. The van der Waals surface area contributed by atoms with E-state index in [2.05, 4.69) is 10.1 Å². The van der Waals surface area contributed by atoms with E-state index in [1.54, 1.807) is 30.3 Å². The summed E-state index contributed by atoms with van der Waals surface area (Å²) < 4.78 is 30.3. The van der Waals surface area contributed by atoms with E-state index in [0.717, 1.165) is 5.56 Å². The summed E-state index contributed by atoms with van der Waals surface area (Å²) in [6, 6.07) is 19.0. The highest BCUT2D eigenvalue weighted by Crippen LogP contribution is 2.24. The molecule has 0 fully saturated rings. The molecule has 0 aliphatic rings. The van der Waals surface area contributed by atoms with Gasteiger partial charge in [-0.25, -0.2) is 13.6 Å². The molecule has 2 N–H and O–H groups in total. The highest BCUT2D eigenvalue weighted by molar-refractivity contribution is 7.89. The fourth-order valence-corrected chi connectivity index (χ4v) is 4.47. The number of fused-ring (bicyclic) bond motifs is 1. The van der Waals surface area contributed by atoms with Crippen LogP contribution in [0.5, 0.6) is 0 Å². The van der Waals surface area contributed by atoms with Crippen LogP contribution in [0.2, 0.25) is 0 Å². The molecule has 0 atom stereocenters. The molecule has 31 heavy (non-hydrogen) atoms. The van der Waals surface area contributed by atoms with Gasteiger partial charge in [-0.15, -0.1) is 5.10 Å². The van der Waals surface area contributed by atoms with Gasteiger partial charge in [0.2, 0.25) is 15.0 Å². The smallest absolute Gasteiger partial charge is 0.291 e. The van der Waals surface area contributed by atoms with Gasteiger partial charge in [-0.3, -0.25) is 4.79 Å². The molecule has 0 bridgehead atoms. The van der Waals surface area contributed by atoms with Gasteiger partial charge in [0.05, 0.1) is 4.90 Å². The number of nitrogens with zero attached hydrogens (tertiary/aromatic N) is 3. The van der Waals surface area contributed by atoms with Crippen LogP contribution < -0.4 is 15.2 Å². The first-order valence-corrected chi connectivity index (χ1v) is 11.4. The molecular formula is C21H14N4O4S2. The van der Waals surface area contributed by atoms with Crippen molar-refractivity contribution in [3.05, 3.63) is 87.4 Å². The fraction of sp³-hybridized carbons (Fsp3) is 0. The summed E-state index contributed by atoms with van der Waals surface area (Å²) >= 11 is 1.22. The third kappa shape index (κ3) is 3.67. The van der Waals surface area contributed by atoms with Gasteiger partial charge in [-0.05, 0) is 36.4 Å². The van der Waals surface area contributed by atoms with Gasteiger partial charge < -0.3 is 4.42 Å². The number of nitrogens with two attached hydrogens (primary N) is 1. The van der Waals surface area contributed by atoms with Crippen molar-refractivity contribution in [2.24, 2.45) is 5.14 Å². The molecular weight excluding hydrogens is 436 g/mol. The van der Waals surface area contributed by atoms with Crippen molar-refractivity contribution >= 4 is 32.4 Å². The molecule has 3 heterocycles. The zero-order valence-corrected chi connectivity index (χ0v) is 17.4. The Hall–Kier alpha value is -3.60. The topological polar surface area (TPSA) is 121 Å². The normalized spacial score (nSPS) is 12.6. The Morgan fingerprint density at radius 1 is 0.968 bits per heavy atom. The fourth-order valence-electron chi connectivity index (χ4n) is 3.07. The second kappa shape index (κ2) is 7.27. The first kappa shape index (κ1) is 19.4. The SMILES string of the molecule is NS(=O)(=O)c1ccc(-c2ccc(/C=c3\sc4nc(-c5ccccc5)nn4c3=O)o2)cc1. The maximum atomic E-state index is 12.7. The molecule has 5 rings (SSSR count). The van der Waals surface area contributed by atoms with Crippen molar-refractivity contribution in [1.82, 2.24) is 14.6 Å². The van der Waals surface area contributed by atoms with Crippen LogP contribution in [-0.2, 0) is 10.0 Å². The predicted molar refractivity (Wildman–Crippen MR) is 117 cm³/mol. The van der Waals surface area contributed by atoms with Crippen molar-refractivity contribution in [3.63, 3.8) is 0 Å². The van der Waals surface area contributed by atoms with Crippen LogP contribution in [-0.4, -0.2) is 23.0 Å². The number of rotatable bonds is 4. The van der Waals surface area contributed by atoms with Crippen molar-refractivity contribution in [1.29, 1.82) is 0 Å². The van der Waals surface area contributed by atoms with Crippen molar-refractivity contribution in [2.45, 2.75) is 4.90 Å². The summed E-state index contributed by atoms with van der Waals surface area (Å²) in [6.45, 7) is 0. The monoisotopic (exact) mass is 450 g/mol. The standard InChI is InChI=1S/C21H14N4O4S2/c22-31(27,28)16-9-6-13(7-10-16)17-11-8-15(29-17)12-18-20(26)25-21(30-18)23-19(24-25)14-4-2-1-3-5-14/h1-12H,(H2,22,27,28)/b18-12-. The molecule has 0 saturated carbocycles. The van der Waals surface area contributed by atoms with Crippen LogP contribution in [0.1, 0.15) is 5.76 Å². The lowest BCUT2D eigenvalue weighted by atomic mass is 10.2. The number of furan rings is 1. The van der Waals surface area contributed by atoms with Crippen LogP contribution >= 0.6 is 11.3 Å². The Bertz CT molecular complexity index is 1620. The summed E-state index contributed by atoms with van der Waals surface area (Å²) in [7, 11) is -3.75. The third-order valence-corrected chi connectivity index (χ3v) is 6.47. The molecule has 0 aliphatic heterocycles. The number of primary sulfonamides is 1. The molecule has 10 heteroatoms. The molecule has 2 aromatic carbocycles. The Morgan fingerprint density at radius 3 is 2.39 bits per heavy atom. The maximum absolute atomic E-state index is 12.7. The van der Waals surface area contributed by atoms with E-state index in [-0.39, 0.29) is 10.5 Å². The van der Waals surface area contributed by atoms with E-state index < -0.39 is 10.0 Å². The quantitative estimate of drug-likeness (QED) is 0.448. The zero-order valence-electron chi connectivity index (χ0n) is 15.8. The minimum atomic E-state index is -3.75. The lowest BCUT2D eigenvalue weighted by molar-refractivity contribution is 0.571. The predicted octanol–water partition coefficient (Wildman–Crippen LogP) is 2.27. The van der Waals surface area contributed by atoms with Gasteiger partial charge in [0.1, 0.15) is 16.1 Å². The van der Waals surface area contributed by atoms with E-state index in [4.69, 9.17) is 9.56 Å². The van der Waals surface area contributed by atoms with E-state index in [0.29, 0.717) is 32.4 Å². The van der Waals surface area contributed by atoms with Gasteiger partial charge in [-0.2, -0.15) is 9.50 Å². The average molecular weight is 451 g/mol. The summed E-state index contributed by atoms with van der Waals surface area (Å²) in [5.41, 5.74) is 1.25. The van der Waals surface area contributed by atoms with Crippen LogP contribution in [0.25, 0.3) is 33.7 Å². The van der Waals surface area contributed by atoms with Crippen LogP contribution in [0.3, 0.4) is 0 Å². The van der Waals surface area contributed by atoms with E-state index in [9.17, 15) is 13.2 Å². The third-order valence-electron chi connectivity index (χ3n) is 4.58. The number of sulfonamides is 1.